The Morgan fingerprint density at radius 3 is 2.49 bits per heavy atom. The fourth-order valence-corrected chi connectivity index (χ4v) is 4.80. The first-order chi connectivity index (χ1) is 16.7. The molecule has 0 spiro atoms. The van der Waals surface area contributed by atoms with Gasteiger partial charge in [0.1, 0.15) is 11.3 Å². The molecule has 3 aromatic carbocycles. The van der Waals surface area contributed by atoms with Crippen LogP contribution in [0.5, 0.6) is 5.75 Å². The van der Waals surface area contributed by atoms with E-state index in [0.29, 0.717) is 28.4 Å². The zero-order valence-electron chi connectivity index (χ0n) is 19.3. The minimum atomic E-state index is -0.780. The van der Waals surface area contributed by atoms with E-state index in [2.05, 4.69) is 21.2 Å². The van der Waals surface area contributed by atoms with Crippen molar-refractivity contribution < 1.29 is 19.1 Å². The number of nitrogens with zero attached hydrogens (tertiary/aromatic N) is 1. The van der Waals surface area contributed by atoms with Crippen molar-refractivity contribution in [2.75, 3.05) is 12.0 Å². The lowest BCUT2D eigenvalue weighted by Gasteiger charge is -2.27. The van der Waals surface area contributed by atoms with Crippen LogP contribution in [0.2, 0.25) is 5.02 Å². The third-order valence-electron chi connectivity index (χ3n) is 5.73. The van der Waals surface area contributed by atoms with Crippen LogP contribution in [-0.2, 0) is 16.0 Å². The zero-order valence-corrected chi connectivity index (χ0v) is 21.7. The van der Waals surface area contributed by atoms with Gasteiger partial charge in [0.25, 0.3) is 11.8 Å². The van der Waals surface area contributed by atoms with Crippen LogP contribution >= 0.6 is 27.5 Å². The van der Waals surface area contributed by atoms with E-state index in [1.54, 1.807) is 25.3 Å². The van der Waals surface area contributed by atoms with E-state index < -0.39 is 17.8 Å². The molecular formula is C27H22BrClN2O4. The topological polar surface area (TPSA) is 75.7 Å². The van der Waals surface area contributed by atoms with Crippen molar-refractivity contribution in [3.05, 3.63) is 97.5 Å². The highest BCUT2D eigenvalue weighted by Crippen LogP contribution is 2.34. The average molecular weight is 554 g/mol. The minimum Gasteiger partial charge on any atom is -0.496 e. The monoisotopic (exact) mass is 552 g/mol. The van der Waals surface area contributed by atoms with Crippen molar-refractivity contribution in [2.24, 2.45) is 0 Å². The largest absolute Gasteiger partial charge is 0.496 e. The van der Waals surface area contributed by atoms with E-state index in [0.717, 1.165) is 31.6 Å². The molecule has 0 aromatic heterocycles. The predicted octanol–water partition coefficient (Wildman–Crippen LogP) is 5.99. The molecule has 0 unspecified atom stereocenters. The second kappa shape index (κ2) is 10.1. The summed E-state index contributed by atoms with van der Waals surface area (Å²) in [5, 5.41) is 2.91. The van der Waals surface area contributed by atoms with Crippen LogP contribution in [-0.4, -0.2) is 25.0 Å². The third-order valence-corrected chi connectivity index (χ3v) is 6.80. The van der Waals surface area contributed by atoms with Crippen LogP contribution in [0.1, 0.15) is 27.8 Å². The van der Waals surface area contributed by atoms with Crippen LogP contribution in [0.25, 0.3) is 6.08 Å². The number of barbiturate groups is 1. The molecule has 4 rings (SSSR count). The lowest BCUT2D eigenvalue weighted by Crippen LogP contribution is -2.54. The van der Waals surface area contributed by atoms with Gasteiger partial charge in [-0.05, 0) is 60.9 Å². The number of hydrogen-bond acceptors (Lipinski definition) is 4. The van der Waals surface area contributed by atoms with E-state index in [1.165, 1.54) is 6.08 Å². The SMILES string of the molecule is COc1cc(/C=C2\C(=O)NC(=O)N(c3ccc(C)cc3C)C2=O)cc(Br)c1Cc1ccccc1Cl. The number of hydrogen-bond donors (Lipinski definition) is 1. The molecule has 1 aliphatic heterocycles. The fraction of sp³-hybridized carbons (Fsp3) is 0.148. The number of anilines is 1. The Bertz CT molecular complexity index is 1400. The van der Waals surface area contributed by atoms with Gasteiger partial charge in [0.15, 0.2) is 0 Å². The van der Waals surface area contributed by atoms with E-state index >= 15 is 0 Å². The maximum atomic E-state index is 13.3. The average Bonchev–Trinajstić information content (AvgIpc) is 2.80. The first-order valence-electron chi connectivity index (χ1n) is 10.8. The molecule has 8 heteroatoms. The van der Waals surface area contributed by atoms with Gasteiger partial charge in [0, 0.05) is 21.5 Å². The molecule has 178 valence electrons. The van der Waals surface area contributed by atoms with Gasteiger partial charge >= 0.3 is 6.03 Å². The van der Waals surface area contributed by atoms with Gasteiger partial charge in [-0.25, -0.2) is 9.69 Å². The number of benzene rings is 3. The molecule has 0 bridgehead atoms. The normalized spacial score (nSPS) is 14.9. The molecular weight excluding hydrogens is 532 g/mol. The molecule has 35 heavy (non-hydrogen) atoms. The molecule has 4 amide bonds. The third kappa shape index (κ3) is 5.01. The van der Waals surface area contributed by atoms with Crippen LogP contribution in [0.4, 0.5) is 10.5 Å². The van der Waals surface area contributed by atoms with Crippen molar-refractivity contribution in [3.63, 3.8) is 0 Å². The summed E-state index contributed by atoms with van der Waals surface area (Å²) in [6, 6.07) is 15.7. The van der Waals surface area contributed by atoms with Crippen molar-refractivity contribution in [2.45, 2.75) is 20.3 Å². The number of imide groups is 2. The number of aryl methyl sites for hydroxylation is 2. The number of urea groups is 1. The molecule has 1 saturated heterocycles. The van der Waals surface area contributed by atoms with Crippen LogP contribution in [0, 0.1) is 13.8 Å². The Balaban J connectivity index is 1.72. The Morgan fingerprint density at radius 1 is 1.06 bits per heavy atom. The molecule has 3 aromatic rings. The van der Waals surface area contributed by atoms with Gasteiger partial charge in [-0.1, -0.05) is 63.4 Å². The van der Waals surface area contributed by atoms with Crippen molar-refractivity contribution >= 4 is 57.1 Å². The second-order valence-electron chi connectivity index (χ2n) is 8.20. The molecule has 0 saturated carbocycles. The van der Waals surface area contributed by atoms with E-state index in [4.69, 9.17) is 16.3 Å². The Morgan fingerprint density at radius 2 is 1.80 bits per heavy atom. The van der Waals surface area contributed by atoms with E-state index in [1.807, 2.05) is 50.2 Å². The summed E-state index contributed by atoms with van der Waals surface area (Å²) < 4.78 is 6.33. The summed E-state index contributed by atoms with van der Waals surface area (Å²) in [5.41, 5.74) is 4.37. The highest BCUT2D eigenvalue weighted by Gasteiger charge is 2.37. The quantitative estimate of drug-likeness (QED) is 0.311. The standard InChI is InChI=1S/C27H22BrClN2O4/c1-15-8-9-23(16(2)10-15)31-26(33)20(25(32)30-27(31)34)11-17-12-21(28)19(24(13-17)35-3)14-18-6-4-5-7-22(18)29/h4-13H,14H2,1-3H3,(H,30,32,34)/b20-11+. The predicted molar refractivity (Wildman–Crippen MR) is 140 cm³/mol. The minimum absolute atomic E-state index is 0.155. The van der Waals surface area contributed by atoms with Crippen molar-refractivity contribution in [1.82, 2.24) is 5.32 Å². The summed E-state index contributed by atoms with van der Waals surface area (Å²) in [7, 11) is 1.55. The number of methoxy groups -OCH3 is 1. The Labute approximate surface area is 216 Å². The van der Waals surface area contributed by atoms with Gasteiger partial charge in [0.05, 0.1) is 12.8 Å². The molecule has 0 radical (unpaired) electrons. The number of amides is 4. The van der Waals surface area contributed by atoms with Gasteiger partial charge in [0.2, 0.25) is 0 Å². The van der Waals surface area contributed by atoms with E-state index in [9.17, 15) is 14.4 Å². The number of nitrogens with one attached hydrogen (secondary N) is 1. The number of ether oxygens (including phenoxy) is 1. The fourth-order valence-electron chi connectivity index (χ4n) is 4.00. The maximum Gasteiger partial charge on any atom is 0.335 e. The highest BCUT2D eigenvalue weighted by atomic mass is 79.9. The first kappa shape index (κ1) is 24.7. The molecule has 1 fully saturated rings. The first-order valence-corrected chi connectivity index (χ1v) is 11.9. The van der Waals surface area contributed by atoms with Gasteiger partial charge in [-0.2, -0.15) is 0 Å². The number of rotatable bonds is 5. The van der Waals surface area contributed by atoms with Gasteiger partial charge < -0.3 is 4.74 Å². The summed E-state index contributed by atoms with van der Waals surface area (Å²) in [6.45, 7) is 3.73. The van der Waals surface area contributed by atoms with Gasteiger partial charge in [-0.3, -0.25) is 14.9 Å². The second-order valence-corrected chi connectivity index (χ2v) is 9.46. The zero-order chi connectivity index (χ0) is 25.3. The van der Waals surface area contributed by atoms with Crippen molar-refractivity contribution in [3.8, 4) is 5.75 Å². The van der Waals surface area contributed by atoms with E-state index in [-0.39, 0.29) is 5.57 Å². The molecule has 1 heterocycles. The summed E-state index contributed by atoms with van der Waals surface area (Å²) in [5.74, 6) is -0.880. The highest BCUT2D eigenvalue weighted by molar-refractivity contribution is 9.10. The van der Waals surface area contributed by atoms with Crippen molar-refractivity contribution in [1.29, 1.82) is 0 Å². The van der Waals surface area contributed by atoms with Crippen LogP contribution < -0.4 is 15.0 Å². The lowest BCUT2D eigenvalue weighted by atomic mass is 10.00. The lowest BCUT2D eigenvalue weighted by molar-refractivity contribution is -0.122. The summed E-state index contributed by atoms with van der Waals surface area (Å²) >= 11 is 9.92. The van der Waals surface area contributed by atoms with Crippen LogP contribution in [0.3, 0.4) is 0 Å². The summed E-state index contributed by atoms with van der Waals surface area (Å²) in [4.78, 5) is 39.5. The molecule has 0 aliphatic carbocycles. The Hall–Kier alpha value is -3.42. The molecule has 0 atom stereocenters. The smallest absolute Gasteiger partial charge is 0.335 e. The van der Waals surface area contributed by atoms with Gasteiger partial charge in [-0.15, -0.1) is 0 Å². The maximum absolute atomic E-state index is 13.3. The molecule has 6 nitrogen and oxygen atoms in total. The number of halogens is 2. The summed E-state index contributed by atoms with van der Waals surface area (Å²) in [6.07, 6.45) is 1.97. The molecule has 1 aliphatic rings. The van der Waals surface area contributed by atoms with Crippen LogP contribution in [0.15, 0.2) is 64.6 Å². The number of carbonyl (C=O) groups excluding carboxylic acids is 3. The Kier molecular flexibility index (Phi) is 7.10. The number of carbonyl (C=O) groups is 3. The molecule has 1 N–H and O–H groups in total.